The van der Waals surface area contributed by atoms with E-state index in [2.05, 4.69) is 4.98 Å². The molecule has 160 valence electrons. The van der Waals surface area contributed by atoms with Crippen LogP contribution in [0.15, 0.2) is 72.6 Å². The van der Waals surface area contributed by atoms with Crippen LogP contribution in [-0.4, -0.2) is 33.5 Å². The minimum absolute atomic E-state index is 0.0737. The van der Waals surface area contributed by atoms with Gasteiger partial charge in [-0.1, -0.05) is 12.1 Å². The number of carbonyl (C=O) groups excluding carboxylic acids is 2. The van der Waals surface area contributed by atoms with E-state index in [-0.39, 0.29) is 30.2 Å². The normalized spacial score (nSPS) is 18.9. The zero-order valence-electron chi connectivity index (χ0n) is 16.7. The number of amides is 1. The number of aliphatic hydroxyl groups is 1. The number of aliphatic hydroxyl groups excluding tert-OH is 1. The zero-order valence-corrected chi connectivity index (χ0v) is 16.7. The summed E-state index contributed by atoms with van der Waals surface area (Å²) in [6.07, 6.45) is 3.22. The first-order valence-corrected chi connectivity index (χ1v) is 9.86. The predicted molar refractivity (Wildman–Crippen MR) is 111 cm³/mol. The van der Waals surface area contributed by atoms with Crippen LogP contribution in [0, 0.1) is 5.82 Å². The fourth-order valence-electron chi connectivity index (χ4n) is 3.92. The van der Waals surface area contributed by atoms with E-state index in [1.165, 1.54) is 29.2 Å². The zero-order chi connectivity index (χ0) is 22.2. The number of halogens is 1. The van der Waals surface area contributed by atoms with Gasteiger partial charge in [0.05, 0.1) is 11.6 Å². The van der Waals surface area contributed by atoms with Crippen LogP contribution < -0.4 is 9.47 Å². The summed E-state index contributed by atoms with van der Waals surface area (Å²) in [7, 11) is 0. The Morgan fingerprint density at radius 3 is 2.62 bits per heavy atom. The fourth-order valence-corrected chi connectivity index (χ4v) is 3.92. The largest absolute Gasteiger partial charge is 0.507 e. The number of nitrogens with zero attached hydrogens (tertiary/aromatic N) is 2. The molecule has 2 aliphatic rings. The summed E-state index contributed by atoms with van der Waals surface area (Å²) >= 11 is 0. The maximum absolute atomic E-state index is 13.4. The van der Waals surface area contributed by atoms with Crippen molar-refractivity contribution in [2.24, 2.45) is 0 Å². The van der Waals surface area contributed by atoms with E-state index in [4.69, 9.17) is 9.47 Å². The highest BCUT2D eigenvalue weighted by atomic mass is 19.1. The highest BCUT2D eigenvalue weighted by Crippen LogP contribution is 2.43. The first-order chi connectivity index (χ1) is 15.5. The highest BCUT2D eigenvalue weighted by molar-refractivity contribution is 6.46. The van der Waals surface area contributed by atoms with Gasteiger partial charge in [0, 0.05) is 24.5 Å². The van der Waals surface area contributed by atoms with Crippen LogP contribution in [0.25, 0.3) is 5.76 Å². The standard InChI is InChI=1S/C24H17FN2O5/c25-17-6-3-15(4-7-17)22(28)20-21(16-5-8-18-19(10-16)32-13-31-18)27(24(30)23(20)29)12-14-2-1-9-26-11-14/h1-11,21,28H,12-13H2/b22-20-. The first kappa shape index (κ1) is 19.7. The Hall–Kier alpha value is -4.20. The minimum atomic E-state index is -0.880. The van der Waals surface area contributed by atoms with Crippen molar-refractivity contribution in [2.75, 3.05) is 6.79 Å². The third kappa shape index (κ3) is 3.35. The van der Waals surface area contributed by atoms with Crippen molar-refractivity contribution in [3.8, 4) is 11.5 Å². The molecule has 0 saturated carbocycles. The van der Waals surface area contributed by atoms with E-state index in [0.29, 0.717) is 17.1 Å². The minimum Gasteiger partial charge on any atom is -0.507 e. The van der Waals surface area contributed by atoms with Crippen molar-refractivity contribution in [2.45, 2.75) is 12.6 Å². The molecule has 0 aliphatic carbocycles. The quantitative estimate of drug-likeness (QED) is 0.385. The van der Waals surface area contributed by atoms with Crippen molar-refractivity contribution < 1.29 is 28.6 Å². The SMILES string of the molecule is O=C1C(=O)N(Cc2cccnc2)C(c2ccc3c(c2)OCO3)/C1=C(/O)c1ccc(F)cc1. The lowest BCUT2D eigenvalue weighted by atomic mass is 9.95. The van der Waals surface area contributed by atoms with Gasteiger partial charge in [-0.2, -0.15) is 0 Å². The van der Waals surface area contributed by atoms with E-state index in [1.807, 2.05) is 0 Å². The molecule has 8 heteroatoms. The van der Waals surface area contributed by atoms with E-state index in [1.54, 1.807) is 42.7 Å². The van der Waals surface area contributed by atoms with Crippen molar-refractivity contribution in [3.63, 3.8) is 0 Å². The summed E-state index contributed by atoms with van der Waals surface area (Å²) < 4.78 is 24.2. The van der Waals surface area contributed by atoms with Crippen molar-refractivity contribution in [1.82, 2.24) is 9.88 Å². The Bertz CT molecular complexity index is 1240. The monoisotopic (exact) mass is 432 g/mol. The number of carbonyl (C=O) groups is 2. The molecular weight excluding hydrogens is 415 g/mol. The molecule has 1 unspecified atom stereocenters. The van der Waals surface area contributed by atoms with Gasteiger partial charge in [-0.25, -0.2) is 4.39 Å². The van der Waals surface area contributed by atoms with Crippen molar-refractivity contribution in [1.29, 1.82) is 0 Å². The number of Topliss-reactive ketones (excluding diaryl/α,β-unsaturated/α-hetero) is 1. The van der Waals surface area contributed by atoms with E-state index < -0.39 is 23.5 Å². The molecule has 3 heterocycles. The molecular formula is C24H17FN2O5. The maximum Gasteiger partial charge on any atom is 0.295 e. The van der Waals surface area contributed by atoms with Gasteiger partial charge in [0.15, 0.2) is 11.5 Å². The van der Waals surface area contributed by atoms with Gasteiger partial charge in [0.1, 0.15) is 11.6 Å². The Kier molecular flexibility index (Phi) is 4.82. The van der Waals surface area contributed by atoms with Crippen molar-refractivity contribution >= 4 is 17.4 Å². The van der Waals surface area contributed by atoms with Crippen LogP contribution in [0.4, 0.5) is 4.39 Å². The van der Waals surface area contributed by atoms with Gasteiger partial charge in [-0.05, 0) is 53.6 Å². The first-order valence-electron chi connectivity index (χ1n) is 9.86. The van der Waals surface area contributed by atoms with E-state index in [9.17, 15) is 19.1 Å². The summed E-state index contributed by atoms with van der Waals surface area (Å²) in [6, 6.07) is 12.8. The Morgan fingerprint density at radius 2 is 1.88 bits per heavy atom. The number of ether oxygens (including phenoxy) is 2. The molecule has 3 aromatic rings. The van der Waals surface area contributed by atoms with E-state index in [0.717, 1.165) is 5.56 Å². The molecule has 1 atom stereocenters. The second-order valence-electron chi connectivity index (χ2n) is 7.41. The molecule has 0 bridgehead atoms. The van der Waals surface area contributed by atoms with E-state index >= 15 is 0 Å². The number of hydrogen-bond donors (Lipinski definition) is 1. The highest BCUT2D eigenvalue weighted by Gasteiger charge is 2.46. The van der Waals surface area contributed by atoms with Gasteiger partial charge in [-0.3, -0.25) is 14.6 Å². The summed E-state index contributed by atoms with van der Waals surface area (Å²) in [5.74, 6) is -1.39. The molecule has 0 radical (unpaired) electrons. The molecule has 0 spiro atoms. The van der Waals surface area contributed by atoms with Gasteiger partial charge in [-0.15, -0.1) is 0 Å². The number of fused-ring (bicyclic) bond motifs is 1. The second-order valence-corrected chi connectivity index (χ2v) is 7.41. The van der Waals surface area contributed by atoms with Crippen LogP contribution in [0.2, 0.25) is 0 Å². The molecule has 5 rings (SSSR count). The maximum atomic E-state index is 13.4. The number of ketones is 1. The van der Waals surface area contributed by atoms with Crippen LogP contribution in [0.1, 0.15) is 22.7 Å². The molecule has 32 heavy (non-hydrogen) atoms. The van der Waals surface area contributed by atoms with Crippen LogP contribution in [0.3, 0.4) is 0 Å². The third-order valence-electron chi connectivity index (χ3n) is 5.45. The molecule has 2 aliphatic heterocycles. The summed E-state index contributed by atoms with van der Waals surface area (Å²) in [4.78, 5) is 31.5. The van der Waals surface area contributed by atoms with Crippen LogP contribution in [0.5, 0.6) is 11.5 Å². The lowest BCUT2D eigenvalue weighted by Crippen LogP contribution is -2.29. The summed E-state index contributed by atoms with van der Waals surface area (Å²) in [5, 5.41) is 11.0. The topological polar surface area (TPSA) is 89.0 Å². The molecule has 2 aromatic carbocycles. The molecule has 1 saturated heterocycles. The number of rotatable bonds is 4. The Labute approximate surface area is 182 Å². The van der Waals surface area contributed by atoms with Gasteiger partial charge >= 0.3 is 0 Å². The van der Waals surface area contributed by atoms with Crippen molar-refractivity contribution in [3.05, 3.63) is 95.1 Å². The van der Waals surface area contributed by atoms with Gasteiger partial charge in [0.25, 0.3) is 11.7 Å². The molecule has 1 fully saturated rings. The predicted octanol–water partition coefficient (Wildman–Crippen LogP) is 3.57. The molecule has 1 amide bonds. The lowest BCUT2D eigenvalue weighted by Gasteiger charge is -2.25. The fraction of sp³-hybridized carbons (Fsp3) is 0.125. The number of likely N-dealkylation sites (tertiary alicyclic amines) is 1. The van der Waals surface area contributed by atoms with Gasteiger partial charge < -0.3 is 19.5 Å². The number of pyridine rings is 1. The number of aromatic nitrogens is 1. The average Bonchev–Trinajstić information content (AvgIpc) is 3.37. The second kappa shape index (κ2) is 7.81. The summed E-state index contributed by atoms with van der Waals surface area (Å²) in [5.41, 5.74) is 1.45. The van der Waals surface area contributed by atoms with Crippen LogP contribution in [-0.2, 0) is 16.1 Å². The summed E-state index contributed by atoms with van der Waals surface area (Å²) in [6.45, 7) is 0.182. The Morgan fingerprint density at radius 1 is 1.09 bits per heavy atom. The van der Waals surface area contributed by atoms with Crippen LogP contribution >= 0.6 is 0 Å². The number of hydrogen-bond acceptors (Lipinski definition) is 6. The average molecular weight is 432 g/mol. The van der Waals surface area contributed by atoms with Gasteiger partial charge in [0.2, 0.25) is 6.79 Å². The third-order valence-corrected chi connectivity index (χ3v) is 5.45. The lowest BCUT2D eigenvalue weighted by molar-refractivity contribution is -0.140. The molecule has 1 aromatic heterocycles. The molecule has 7 nitrogen and oxygen atoms in total. The smallest absolute Gasteiger partial charge is 0.295 e. The molecule has 1 N–H and O–H groups in total. The Balaban J connectivity index is 1.65. The number of benzene rings is 2.